The molecule has 0 radical (unpaired) electrons. The summed E-state index contributed by atoms with van der Waals surface area (Å²) in [5.41, 5.74) is 6.49. The molecule has 5 nitrogen and oxygen atoms in total. The Labute approximate surface area is 95.1 Å². The number of benzene rings is 1. The SMILES string of the molecule is COCOc1c(OC)cc(CN)cc1OC. The molecule has 0 aliphatic carbocycles. The zero-order valence-electron chi connectivity index (χ0n) is 9.78. The minimum absolute atomic E-state index is 0.134. The molecule has 0 aliphatic heterocycles. The topological polar surface area (TPSA) is 62.9 Å². The van der Waals surface area contributed by atoms with Crippen molar-refractivity contribution in [1.82, 2.24) is 0 Å². The molecule has 0 bridgehead atoms. The maximum absolute atomic E-state index is 5.57. The van der Waals surface area contributed by atoms with Crippen LogP contribution in [-0.4, -0.2) is 28.1 Å². The van der Waals surface area contributed by atoms with E-state index in [1.165, 1.54) is 0 Å². The lowest BCUT2D eigenvalue weighted by Gasteiger charge is -2.15. The van der Waals surface area contributed by atoms with Gasteiger partial charge >= 0.3 is 0 Å². The molecule has 0 saturated heterocycles. The Morgan fingerprint density at radius 3 is 2.00 bits per heavy atom. The summed E-state index contributed by atoms with van der Waals surface area (Å²) in [5, 5.41) is 0. The summed E-state index contributed by atoms with van der Waals surface area (Å²) in [6, 6.07) is 3.63. The Kier molecular flexibility index (Phi) is 4.88. The van der Waals surface area contributed by atoms with Gasteiger partial charge in [0.25, 0.3) is 0 Å². The third kappa shape index (κ3) is 2.77. The Morgan fingerprint density at radius 2 is 1.62 bits per heavy atom. The van der Waals surface area contributed by atoms with Gasteiger partial charge in [0, 0.05) is 13.7 Å². The highest BCUT2D eigenvalue weighted by molar-refractivity contribution is 5.53. The highest BCUT2D eigenvalue weighted by atomic mass is 16.7. The Hall–Kier alpha value is -1.46. The van der Waals surface area contributed by atoms with Gasteiger partial charge in [0.1, 0.15) is 0 Å². The molecule has 0 amide bonds. The van der Waals surface area contributed by atoms with E-state index in [4.69, 9.17) is 24.7 Å². The molecule has 1 rings (SSSR count). The average molecular weight is 227 g/mol. The number of nitrogens with two attached hydrogens (primary N) is 1. The molecular formula is C11H17NO4. The Balaban J connectivity index is 3.09. The monoisotopic (exact) mass is 227 g/mol. The van der Waals surface area contributed by atoms with E-state index in [1.54, 1.807) is 21.3 Å². The van der Waals surface area contributed by atoms with Crippen molar-refractivity contribution in [1.29, 1.82) is 0 Å². The zero-order valence-corrected chi connectivity index (χ0v) is 9.78. The number of hydrogen-bond donors (Lipinski definition) is 1. The normalized spacial score (nSPS) is 10.0. The van der Waals surface area contributed by atoms with Crippen LogP contribution in [0.5, 0.6) is 17.2 Å². The lowest BCUT2D eigenvalue weighted by Crippen LogP contribution is -2.04. The predicted octanol–water partition coefficient (Wildman–Crippen LogP) is 1.15. The van der Waals surface area contributed by atoms with E-state index < -0.39 is 0 Å². The Bertz CT molecular complexity index is 316. The van der Waals surface area contributed by atoms with Crippen LogP contribution in [0.15, 0.2) is 12.1 Å². The van der Waals surface area contributed by atoms with E-state index in [0.29, 0.717) is 23.8 Å². The first-order chi connectivity index (χ1) is 7.76. The van der Waals surface area contributed by atoms with Gasteiger partial charge in [-0.15, -0.1) is 0 Å². The van der Waals surface area contributed by atoms with Crippen molar-refractivity contribution in [3.05, 3.63) is 17.7 Å². The van der Waals surface area contributed by atoms with Crippen LogP contribution in [0, 0.1) is 0 Å². The molecular weight excluding hydrogens is 210 g/mol. The van der Waals surface area contributed by atoms with Crippen LogP contribution in [-0.2, 0) is 11.3 Å². The van der Waals surface area contributed by atoms with E-state index in [-0.39, 0.29) is 6.79 Å². The van der Waals surface area contributed by atoms with Gasteiger partial charge in [-0.1, -0.05) is 0 Å². The molecule has 0 spiro atoms. The quantitative estimate of drug-likeness (QED) is 0.738. The standard InChI is InChI=1S/C11H17NO4/c1-13-7-16-11-9(14-2)4-8(6-12)5-10(11)15-3/h4-5H,6-7,12H2,1-3H3. The molecule has 5 heteroatoms. The van der Waals surface area contributed by atoms with Crippen LogP contribution in [0.4, 0.5) is 0 Å². The average Bonchev–Trinajstić information content (AvgIpc) is 2.35. The Morgan fingerprint density at radius 1 is 1.06 bits per heavy atom. The molecule has 0 unspecified atom stereocenters. The van der Waals surface area contributed by atoms with Gasteiger partial charge in [0.15, 0.2) is 18.3 Å². The fraction of sp³-hybridized carbons (Fsp3) is 0.455. The molecule has 16 heavy (non-hydrogen) atoms. The number of ether oxygens (including phenoxy) is 4. The van der Waals surface area contributed by atoms with E-state index in [9.17, 15) is 0 Å². The highest BCUT2D eigenvalue weighted by Crippen LogP contribution is 2.38. The molecule has 0 aromatic heterocycles. The molecule has 0 aliphatic rings. The molecule has 2 N–H and O–H groups in total. The number of methoxy groups -OCH3 is 3. The van der Waals surface area contributed by atoms with Crippen molar-refractivity contribution < 1.29 is 18.9 Å². The fourth-order valence-corrected chi connectivity index (χ4v) is 1.31. The summed E-state index contributed by atoms with van der Waals surface area (Å²) in [4.78, 5) is 0. The van der Waals surface area contributed by atoms with Crippen molar-refractivity contribution in [2.75, 3.05) is 28.1 Å². The van der Waals surface area contributed by atoms with Gasteiger partial charge in [-0.05, 0) is 17.7 Å². The summed E-state index contributed by atoms with van der Waals surface area (Å²) in [5.74, 6) is 1.68. The molecule has 0 fully saturated rings. The summed E-state index contributed by atoms with van der Waals surface area (Å²) in [6.07, 6.45) is 0. The zero-order chi connectivity index (χ0) is 12.0. The van der Waals surface area contributed by atoms with E-state index >= 15 is 0 Å². The number of hydrogen-bond acceptors (Lipinski definition) is 5. The van der Waals surface area contributed by atoms with E-state index in [1.807, 2.05) is 12.1 Å². The largest absolute Gasteiger partial charge is 0.493 e. The van der Waals surface area contributed by atoms with Crippen molar-refractivity contribution in [2.24, 2.45) is 5.73 Å². The second-order valence-electron chi connectivity index (χ2n) is 3.08. The van der Waals surface area contributed by atoms with E-state index in [0.717, 1.165) is 5.56 Å². The van der Waals surface area contributed by atoms with Gasteiger partial charge in [-0.25, -0.2) is 0 Å². The third-order valence-corrected chi connectivity index (χ3v) is 2.08. The molecule has 0 atom stereocenters. The lowest BCUT2D eigenvalue weighted by molar-refractivity contribution is 0.0471. The third-order valence-electron chi connectivity index (χ3n) is 2.08. The summed E-state index contributed by atoms with van der Waals surface area (Å²) in [6.45, 7) is 0.548. The summed E-state index contributed by atoms with van der Waals surface area (Å²) >= 11 is 0. The van der Waals surface area contributed by atoms with Gasteiger partial charge in [0.2, 0.25) is 5.75 Å². The minimum atomic E-state index is 0.134. The molecule has 1 aromatic rings. The van der Waals surface area contributed by atoms with Crippen LogP contribution in [0.3, 0.4) is 0 Å². The van der Waals surface area contributed by atoms with Gasteiger partial charge < -0.3 is 24.7 Å². The number of rotatable bonds is 6. The fourth-order valence-electron chi connectivity index (χ4n) is 1.31. The van der Waals surface area contributed by atoms with Crippen LogP contribution in [0.25, 0.3) is 0 Å². The van der Waals surface area contributed by atoms with E-state index in [2.05, 4.69) is 0 Å². The first-order valence-corrected chi connectivity index (χ1v) is 4.83. The summed E-state index contributed by atoms with van der Waals surface area (Å²) in [7, 11) is 4.68. The van der Waals surface area contributed by atoms with Gasteiger partial charge in [-0.3, -0.25) is 0 Å². The maximum Gasteiger partial charge on any atom is 0.206 e. The lowest BCUT2D eigenvalue weighted by atomic mass is 10.2. The first kappa shape index (κ1) is 12.6. The molecule has 90 valence electrons. The molecule has 0 heterocycles. The van der Waals surface area contributed by atoms with Gasteiger partial charge in [-0.2, -0.15) is 0 Å². The van der Waals surface area contributed by atoms with Crippen LogP contribution < -0.4 is 19.9 Å². The second kappa shape index (κ2) is 6.19. The van der Waals surface area contributed by atoms with Crippen molar-refractivity contribution in [2.45, 2.75) is 6.54 Å². The highest BCUT2D eigenvalue weighted by Gasteiger charge is 2.13. The van der Waals surface area contributed by atoms with Crippen LogP contribution >= 0.6 is 0 Å². The maximum atomic E-state index is 5.57. The van der Waals surface area contributed by atoms with Crippen LogP contribution in [0.1, 0.15) is 5.56 Å². The second-order valence-corrected chi connectivity index (χ2v) is 3.08. The smallest absolute Gasteiger partial charge is 0.206 e. The molecule has 1 aromatic carbocycles. The summed E-state index contributed by atoms with van der Waals surface area (Å²) < 4.78 is 20.7. The minimum Gasteiger partial charge on any atom is -0.493 e. The van der Waals surface area contributed by atoms with Gasteiger partial charge in [0.05, 0.1) is 14.2 Å². The first-order valence-electron chi connectivity index (χ1n) is 4.83. The van der Waals surface area contributed by atoms with Crippen LogP contribution in [0.2, 0.25) is 0 Å². The van der Waals surface area contributed by atoms with Crippen molar-refractivity contribution >= 4 is 0 Å². The van der Waals surface area contributed by atoms with Crippen molar-refractivity contribution in [3.8, 4) is 17.2 Å². The molecule has 0 saturated carbocycles. The van der Waals surface area contributed by atoms with Crippen molar-refractivity contribution in [3.63, 3.8) is 0 Å². The predicted molar refractivity (Wildman–Crippen MR) is 59.9 cm³/mol.